The Hall–Kier alpha value is -4.40. The summed E-state index contributed by atoms with van der Waals surface area (Å²) in [7, 11) is 0. The smallest absolute Gasteiger partial charge is 0.275 e. The number of aliphatic imine (C=N–C) groups is 1. The number of phenolic OH excluding ortho intramolecular Hbond substituents is 2. The van der Waals surface area contributed by atoms with Crippen molar-refractivity contribution in [2.24, 2.45) is 16.0 Å². The molecule has 0 aromatic heterocycles. The largest absolute Gasteiger partial charge is 0.507 e. The molecule has 0 bridgehead atoms. The van der Waals surface area contributed by atoms with Gasteiger partial charge in [0.1, 0.15) is 11.5 Å². The lowest BCUT2D eigenvalue weighted by atomic mass is 9.83. The third-order valence-electron chi connectivity index (χ3n) is 5.76. The first-order valence-electron chi connectivity index (χ1n) is 11.1. The van der Waals surface area contributed by atoms with Crippen LogP contribution in [0.4, 0.5) is 0 Å². The molecule has 0 aliphatic carbocycles. The molecular formula is C26H29N5O4. The number of carbonyl (C=O) groups excluding carboxylic acids is 2. The Labute approximate surface area is 204 Å². The van der Waals surface area contributed by atoms with Crippen LogP contribution in [0, 0.1) is 5.92 Å². The molecule has 182 valence electrons. The Balaban J connectivity index is 1.79. The number of hydrogen-bond acceptors (Lipinski definition) is 7. The van der Waals surface area contributed by atoms with E-state index in [9.17, 15) is 19.8 Å². The van der Waals surface area contributed by atoms with Gasteiger partial charge in [0.25, 0.3) is 11.8 Å². The number of hydrazine groups is 1. The number of allylic oxidation sites excluding steroid dienone is 4. The van der Waals surface area contributed by atoms with Gasteiger partial charge in [-0.2, -0.15) is 5.10 Å². The Bertz CT molecular complexity index is 1290. The lowest BCUT2D eigenvalue weighted by molar-refractivity contribution is 0.0932. The van der Waals surface area contributed by atoms with E-state index < -0.39 is 11.8 Å². The minimum absolute atomic E-state index is 0.112. The molecule has 5 N–H and O–H groups in total. The molecule has 1 aliphatic heterocycles. The predicted molar refractivity (Wildman–Crippen MR) is 135 cm³/mol. The second-order valence-electron chi connectivity index (χ2n) is 8.21. The van der Waals surface area contributed by atoms with E-state index >= 15 is 0 Å². The zero-order valence-electron chi connectivity index (χ0n) is 20.3. The van der Waals surface area contributed by atoms with Crippen LogP contribution in [-0.4, -0.2) is 33.5 Å². The molecule has 0 spiro atoms. The molecule has 9 nitrogen and oxygen atoms in total. The van der Waals surface area contributed by atoms with E-state index in [4.69, 9.17) is 0 Å². The number of para-hydroxylation sites is 2. The van der Waals surface area contributed by atoms with Gasteiger partial charge in [0.15, 0.2) is 0 Å². The molecule has 2 amide bonds. The third kappa shape index (κ3) is 5.57. The monoisotopic (exact) mass is 475 g/mol. The summed E-state index contributed by atoms with van der Waals surface area (Å²) in [6.07, 6.45) is 0. The number of phenols is 2. The molecule has 0 saturated carbocycles. The van der Waals surface area contributed by atoms with Gasteiger partial charge in [0, 0.05) is 34.2 Å². The molecule has 3 rings (SSSR count). The Morgan fingerprint density at radius 2 is 1.43 bits per heavy atom. The SMILES string of the molecule is CC1=NC(C)=C(/C(C)=N/NC(=O)c2ccccc2O)C(C)C1=C(C)NNC(=O)c1ccccc1O. The highest BCUT2D eigenvalue weighted by molar-refractivity contribution is 6.08. The summed E-state index contributed by atoms with van der Waals surface area (Å²) in [6, 6.07) is 12.5. The summed E-state index contributed by atoms with van der Waals surface area (Å²) in [6.45, 7) is 9.34. The van der Waals surface area contributed by atoms with Crippen LogP contribution in [-0.2, 0) is 0 Å². The zero-order valence-corrected chi connectivity index (χ0v) is 20.3. The van der Waals surface area contributed by atoms with E-state index in [1.165, 1.54) is 24.3 Å². The quantitative estimate of drug-likeness (QED) is 0.320. The fraction of sp³-hybridized carbons (Fsp3) is 0.231. The van der Waals surface area contributed by atoms with E-state index in [1.54, 1.807) is 31.2 Å². The second-order valence-corrected chi connectivity index (χ2v) is 8.21. The van der Waals surface area contributed by atoms with Gasteiger partial charge in [-0.25, -0.2) is 5.43 Å². The number of benzene rings is 2. The Morgan fingerprint density at radius 1 is 0.886 bits per heavy atom. The summed E-state index contributed by atoms with van der Waals surface area (Å²) in [5.41, 5.74) is 12.8. The minimum Gasteiger partial charge on any atom is -0.507 e. The van der Waals surface area contributed by atoms with Gasteiger partial charge in [0.05, 0.1) is 16.8 Å². The molecule has 1 heterocycles. The van der Waals surface area contributed by atoms with E-state index in [0.717, 1.165) is 22.6 Å². The number of nitrogens with zero attached hydrogens (tertiary/aromatic N) is 2. The fourth-order valence-electron chi connectivity index (χ4n) is 4.19. The maximum atomic E-state index is 12.5. The van der Waals surface area contributed by atoms with Gasteiger partial charge in [-0.3, -0.25) is 20.0 Å². The van der Waals surface area contributed by atoms with Crippen molar-refractivity contribution >= 4 is 23.2 Å². The highest BCUT2D eigenvalue weighted by Gasteiger charge is 2.27. The maximum Gasteiger partial charge on any atom is 0.275 e. The molecule has 35 heavy (non-hydrogen) atoms. The van der Waals surface area contributed by atoms with Crippen molar-refractivity contribution in [2.75, 3.05) is 0 Å². The van der Waals surface area contributed by atoms with Crippen molar-refractivity contribution in [3.8, 4) is 11.5 Å². The number of nitrogens with one attached hydrogen (secondary N) is 3. The maximum absolute atomic E-state index is 12.5. The number of carbonyl (C=O) groups is 2. The lowest BCUT2D eigenvalue weighted by Crippen LogP contribution is -2.38. The first-order chi connectivity index (χ1) is 16.6. The molecule has 1 unspecified atom stereocenters. The first kappa shape index (κ1) is 25.2. The van der Waals surface area contributed by atoms with Gasteiger partial charge in [0.2, 0.25) is 0 Å². The number of rotatable bonds is 6. The van der Waals surface area contributed by atoms with Gasteiger partial charge in [-0.05, 0) is 52.0 Å². The number of hydrogen-bond donors (Lipinski definition) is 5. The van der Waals surface area contributed by atoms with Crippen LogP contribution in [0.3, 0.4) is 0 Å². The van der Waals surface area contributed by atoms with Gasteiger partial charge >= 0.3 is 0 Å². The van der Waals surface area contributed by atoms with Crippen molar-refractivity contribution in [2.45, 2.75) is 34.6 Å². The molecule has 1 aliphatic rings. The van der Waals surface area contributed by atoms with E-state index in [-0.39, 0.29) is 28.5 Å². The topological polar surface area (TPSA) is 135 Å². The average molecular weight is 476 g/mol. The third-order valence-corrected chi connectivity index (χ3v) is 5.76. The van der Waals surface area contributed by atoms with Crippen LogP contribution in [0.15, 0.2) is 81.2 Å². The van der Waals surface area contributed by atoms with Crippen LogP contribution in [0.25, 0.3) is 0 Å². The second kappa shape index (κ2) is 10.7. The van der Waals surface area contributed by atoms with Gasteiger partial charge in [-0.15, -0.1) is 0 Å². The van der Waals surface area contributed by atoms with Crippen molar-refractivity contribution < 1.29 is 19.8 Å². The van der Waals surface area contributed by atoms with Crippen molar-refractivity contribution in [3.63, 3.8) is 0 Å². The number of amides is 2. The van der Waals surface area contributed by atoms with Gasteiger partial charge < -0.3 is 15.6 Å². The fourth-order valence-corrected chi connectivity index (χ4v) is 4.19. The summed E-state index contributed by atoms with van der Waals surface area (Å²) in [5, 5.41) is 24.0. The van der Waals surface area contributed by atoms with Crippen LogP contribution in [0.1, 0.15) is 55.3 Å². The molecular weight excluding hydrogens is 446 g/mol. The number of aromatic hydroxyl groups is 2. The first-order valence-corrected chi connectivity index (χ1v) is 11.1. The summed E-state index contributed by atoms with van der Waals surface area (Å²) < 4.78 is 0. The minimum atomic E-state index is -0.524. The molecule has 1 atom stereocenters. The van der Waals surface area contributed by atoms with Crippen molar-refractivity contribution in [3.05, 3.63) is 82.2 Å². The lowest BCUT2D eigenvalue weighted by Gasteiger charge is -2.27. The predicted octanol–water partition coefficient (Wildman–Crippen LogP) is 3.80. The standard InChI is InChI=1S/C26H29N5O4/c1-14-23(17(4)28-30-25(34)19-10-6-8-12-21(19)32)15(2)27-16(3)24(14)18(5)29-31-26(35)20-11-7-9-13-22(20)33/h6-14,28,32-33H,1-5H3,(H,30,34)(H,31,35)/b23-17?,29-18+. The Kier molecular flexibility index (Phi) is 7.70. The zero-order chi connectivity index (χ0) is 25.7. The molecule has 9 heteroatoms. The van der Waals surface area contributed by atoms with E-state index in [2.05, 4.69) is 26.4 Å². The molecule has 2 aromatic rings. The van der Waals surface area contributed by atoms with Crippen LogP contribution < -0.4 is 16.3 Å². The summed E-state index contributed by atoms with van der Waals surface area (Å²) >= 11 is 0. The molecule has 2 aromatic carbocycles. The van der Waals surface area contributed by atoms with E-state index in [1.807, 2.05) is 27.7 Å². The molecule has 0 saturated heterocycles. The average Bonchev–Trinajstić information content (AvgIpc) is 2.81. The summed E-state index contributed by atoms with van der Waals surface area (Å²) in [5.74, 6) is -1.38. The Morgan fingerprint density at radius 3 is 2.00 bits per heavy atom. The van der Waals surface area contributed by atoms with E-state index in [0.29, 0.717) is 11.4 Å². The van der Waals surface area contributed by atoms with Crippen LogP contribution in [0.2, 0.25) is 0 Å². The van der Waals surface area contributed by atoms with Crippen molar-refractivity contribution in [1.29, 1.82) is 0 Å². The van der Waals surface area contributed by atoms with Crippen molar-refractivity contribution in [1.82, 2.24) is 16.3 Å². The van der Waals surface area contributed by atoms with Crippen LogP contribution in [0.5, 0.6) is 11.5 Å². The number of hydrazone groups is 1. The highest BCUT2D eigenvalue weighted by atomic mass is 16.3. The van der Waals surface area contributed by atoms with Crippen LogP contribution >= 0.6 is 0 Å². The molecule has 0 fully saturated rings. The normalized spacial score (nSPS) is 17.5. The summed E-state index contributed by atoms with van der Waals surface area (Å²) in [4.78, 5) is 29.5. The highest BCUT2D eigenvalue weighted by Crippen LogP contribution is 2.32. The molecule has 0 radical (unpaired) electrons. The van der Waals surface area contributed by atoms with Gasteiger partial charge in [-0.1, -0.05) is 31.2 Å².